The van der Waals surface area contributed by atoms with Crippen molar-refractivity contribution >= 4 is 5.91 Å². The van der Waals surface area contributed by atoms with Gasteiger partial charge >= 0.3 is 0 Å². The van der Waals surface area contributed by atoms with E-state index < -0.39 is 0 Å². The summed E-state index contributed by atoms with van der Waals surface area (Å²) in [4.78, 5) is 11.8. The molecule has 0 saturated heterocycles. The van der Waals surface area contributed by atoms with Crippen LogP contribution in [0.15, 0.2) is 60.7 Å². The molecule has 2 aromatic carbocycles. The molecule has 0 radical (unpaired) electrons. The van der Waals surface area contributed by atoms with Gasteiger partial charge in [-0.15, -0.1) is 0 Å². The van der Waals surface area contributed by atoms with Crippen LogP contribution in [0.2, 0.25) is 0 Å². The standard InChI is InChI=1S/C22H26F2N2O/c23-19-11-7-17(8-12-19)21(18-9-13-20(24)14-10-18)5-1-2-6-22(27)26-16-4-3-15-25/h3-4,7-14,21H,1-2,5-6,15-16,25H2,(H,26,27). The summed E-state index contributed by atoms with van der Waals surface area (Å²) in [7, 11) is 0. The normalized spacial score (nSPS) is 11.3. The zero-order valence-electron chi connectivity index (χ0n) is 15.3. The first-order valence-electron chi connectivity index (χ1n) is 9.23. The molecule has 0 aliphatic carbocycles. The average Bonchev–Trinajstić information content (AvgIpc) is 2.67. The van der Waals surface area contributed by atoms with Crippen LogP contribution >= 0.6 is 0 Å². The Hall–Kier alpha value is -2.53. The second-order valence-electron chi connectivity index (χ2n) is 6.41. The first kappa shape index (κ1) is 20.8. The summed E-state index contributed by atoms with van der Waals surface area (Å²) < 4.78 is 26.5. The van der Waals surface area contributed by atoms with Gasteiger partial charge in [0.15, 0.2) is 0 Å². The Morgan fingerprint density at radius 2 is 1.48 bits per heavy atom. The highest BCUT2D eigenvalue weighted by molar-refractivity contribution is 5.75. The van der Waals surface area contributed by atoms with Crippen LogP contribution in [-0.4, -0.2) is 19.0 Å². The van der Waals surface area contributed by atoms with Crippen LogP contribution in [-0.2, 0) is 4.79 Å². The molecular weight excluding hydrogens is 346 g/mol. The maximum absolute atomic E-state index is 13.2. The van der Waals surface area contributed by atoms with Crippen LogP contribution in [0.1, 0.15) is 42.7 Å². The molecule has 5 heteroatoms. The Morgan fingerprint density at radius 1 is 0.926 bits per heavy atom. The lowest BCUT2D eigenvalue weighted by atomic mass is 9.87. The van der Waals surface area contributed by atoms with Crippen molar-refractivity contribution in [2.24, 2.45) is 5.73 Å². The van der Waals surface area contributed by atoms with Crippen molar-refractivity contribution in [1.82, 2.24) is 5.32 Å². The van der Waals surface area contributed by atoms with E-state index in [1.165, 1.54) is 24.3 Å². The van der Waals surface area contributed by atoms with Crippen molar-refractivity contribution in [2.75, 3.05) is 13.1 Å². The van der Waals surface area contributed by atoms with E-state index >= 15 is 0 Å². The van der Waals surface area contributed by atoms with Crippen LogP contribution in [0.5, 0.6) is 0 Å². The topological polar surface area (TPSA) is 55.1 Å². The number of carbonyl (C=O) groups excluding carboxylic acids is 1. The number of halogens is 2. The highest BCUT2D eigenvalue weighted by atomic mass is 19.1. The Kier molecular flexibility index (Phi) is 8.65. The molecule has 3 nitrogen and oxygen atoms in total. The SMILES string of the molecule is NCC=CCNC(=O)CCCCC(c1ccc(F)cc1)c1ccc(F)cc1. The van der Waals surface area contributed by atoms with Gasteiger partial charge in [-0.2, -0.15) is 0 Å². The van der Waals surface area contributed by atoms with E-state index in [1.807, 2.05) is 6.08 Å². The number of unbranched alkanes of at least 4 members (excludes halogenated alkanes) is 1. The van der Waals surface area contributed by atoms with Gasteiger partial charge in [0.1, 0.15) is 11.6 Å². The predicted octanol–water partition coefficient (Wildman–Crippen LogP) is 4.29. The zero-order chi connectivity index (χ0) is 19.5. The second-order valence-corrected chi connectivity index (χ2v) is 6.41. The third kappa shape index (κ3) is 7.31. The van der Waals surface area contributed by atoms with Gasteiger partial charge in [0.2, 0.25) is 5.91 Å². The quantitative estimate of drug-likeness (QED) is 0.483. The van der Waals surface area contributed by atoms with E-state index in [0.29, 0.717) is 19.5 Å². The fourth-order valence-corrected chi connectivity index (χ4v) is 2.99. The van der Waals surface area contributed by atoms with Gasteiger partial charge < -0.3 is 11.1 Å². The van der Waals surface area contributed by atoms with Crippen LogP contribution in [0, 0.1) is 11.6 Å². The van der Waals surface area contributed by atoms with Crippen molar-refractivity contribution in [1.29, 1.82) is 0 Å². The molecule has 0 atom stereocenters. The van der Waals surface area contributed by atoms with Crippen molar-refractivity contribution < 1.29 is 13.6 Å². The van der Waals surface area contributed by atoms with Crippen LogP contribution in [0.4, 0.5) is 8.78 Å². The molecule has 2 rings (SSSR count). The summed E-state index contributed by atoms with van der Waals surface area (Å²) in [5, 5.41) is 2.82. The molecule has 0 unspecified atom stereocenters. The minimum Gasteiger partial charge on any atom is -0.353 e. The molecule has 0 aliphatic rings. The molecular formula is C22H26F2N2O. The molecule has 0 spiro atoms. The highest BCUT2D eigenvalue weighted by Gasteiger charge is 2.14. The van der Waals surface area contributed by atoms with Gasteiger partial charge in [-0.3, -0.25) is 4.79 Å². The van der Waals surface area contributed by atoms with E-state index in [1.54, 1.807) is 30.3 Å². The number of rotatable bonds is 10. The summed E-state index contributed by atoms with van der Waals surface area (Å²) in [6.07, 6.45) is 6.48. The smallest absolute Gasteiger partial charge is 0.220 e. The number of nitrogens with two attached hydrogens (primary N) is 1. The fraction of sp³-hybridized carbons (Fsp3) is 0.318. The third-order valence-electron chi connectivity index (χ3n) is 4.41. The lowest BCUT2D eigenvalue weighted by Crippen LogP contribution is -2.23. The van der Waals surface area contributed by atoms with Crippen LogP contribution in [0.3, 0.4) is 0 Å². The van der Waals surface area contributed by atoms with Gasteiger partial charge in [0.05, 0.1) is 0 Å². The molecule has 0 aromatic heterocycles. The molecule has 0 fully saturated rings. The van der Waals surface area contributed by atoms with E-state index in [0.717, 1.165) is 30.4 Å². The summed E-state index contributed by atoms with van der Waals surface area (Å²) >= 11 is 0. The molecule has 3 N–H and O–H groups in total. The van der Waals surface area contributed by atoms with E-state index in [4.69, 9.17) is 5.73 Å². The zero-order valence-corrected chi connectivity index (χ0v) is 15.3. The minimum atomic E-state index is -0.281. The summed E-state index contributed by atoms with van der Waals surface area (Å²) in [5.74, 6) is -0.507. The molecule has 2 aromatic rings. The first-order chi connectivity index (χ1) is 13.1. The Morgan fingerprint density at radius 3 is 2.00 bits per heavy atom. The molecule has 0 aliphatic heterocycles. The van der Waals surface area contributed by atoms with Crippen LogP contribution < -0.4 is 11.1 Å². The van der Waals surface area contributed by atoms with Gasteiger partial charge in [0, 0.05) is 25.4 Å². The molecule has 0 bridgehead atoms. The Balaban J connectivity index is 1.91. The van der Waals surface area contributed by atoms with Crippen molar-refractivity contribution in [3.8, 4) is 0 Å². The number of amides is 1. The van der Waals surface area contributed by atoms with Gasteiger partial charge in [-0.25, -0.2) is 8.78 Å². The average molecular weight is 372 g/mol. The van der Waals surface area contributed by atoms with E-state index in [2.05, 4.69) is 5.32 Å². The van der Waals surface area contributed by atoms with E-state index in [9.17, 15) is 13.6 Å². The molecule has 27 heavy (non-hydrogen) atoms. The number of benzene rings is 2. The van der Waals surface area contributed by atoms with Crippen molar-refractivity contribution in [2.45, 2.75) is 31.6 Å². The number of carbonyl (C=O) groups is 1. The Bertz CT molecular complexity index is 681. The summed E-state index contributed by atoms with van der Waals surface area (Å²) in [5.41, 5.74) is 7.31. The van der Waals surface area contributed by atoms with Gasteiger partial charge in [-0.05, 0) is 48.2 Å². The third-order valence-corrected chi connectivity index (χ3v) is 4.41. The van der Waals surface area contributed by atoms with Crippen molar-refractivity contribution in [3.05, 3.63) is 83.4 Å². The fourth-order valence-electron chi connectivity index (χ4n) is 2.99. The molecule has 0 heterocycles. The first-order valence-corrected chi connectivity index (χ1v) is 9.23. The molecule has 144 valence electrons. The van der Waals surface area contributed by atoms with E-state index in [-0.39, 0.29) is 23.5 Å². The monoisotopic (exact) mass is 372 g/mol. The highest BCUT2D eigenvalue weighted by Crippen LogP contribution is 2.30. The summed E-state index contributed by atoms with van der Waals surface area (Å²) in [6.45, 7) is 0.952. The number of nitrogens with one attached hydrogen (secondary N) is 1. The van der Waals surface area contributed by atoms with Crippen molar-refractivity contribution in [3.63, 3.8) is 0 Å². The maximum atomic E-state index is 13.2. The lowest BCUT2D eigenvalue weighted by Gasteiger charge is -2.18. The summed E-state index contributed by atoms with van der Waals surface area (Å²) in [6, 6.07) is 12.8. The van der Waals surface area contributed by atoms with Crippen LogP contribution in [0.25, 0.3) is 0 Å². The maximum Gasteiger partial charge on any atom is 0.220 e. The largest absolute Gasteiger partial charge is 0.353 e. The second kappa shape index (κ2) is 11.2. The Labute approximate surface area is 159 Å². The number of hydrogen-bond acceptors (Lipinski definition) is 2. The minimum absolute atomic E-state index is 0.0109. The van der Waals surface area contributed by atoms with Gasteiger partial charge in [-0.1, -0.05) is 42.8 Å². The number of hydrogen-bond donors (Lipinski definition) is 2. The van der Waals surface area contributed by atoms with Gasteiger partial charge in [0.25, 0.3) is 0 Å². The lowest BCUT2D eigenvalue weighted by molar-refractivity contribution is -0.121. The molecule has 1 amide bonds. The predicted molar refractivity (Wildman–Crippen MR) is 104 cm³/mol. The molecule has 0 saturated carbocycles.